The van der Waals surface area contributed by atoms with Crippen LogP contribution in [-0.2, 0) is 5.75 Å². The number of hydrogen-bond acceptors (Lipinski definition) is 5. The van der Waals surface area contributed by atoms with E-state index in [0.717, 1.165) is 10.6 Å². The lowest BCUT2D eigenvalue weighted by Crippen LogP contribution is -1.89. The van der Waals surface area contributed by atoms with Crippen molar-refractivity contribution in [3.63, 3.8) is 0 Å². The second-order valence-electron chi connectivity index (χ2n) is 3.80. The molecule has 0 aliphatic rings. The molecule has 3 aromatic rings. The summed E-state index contributed by atoms with van der Waals surface area (Å²) in [6, 6.07) is 3.54. The van der Waals surface area contributed by atoms with Gasteiger partial charge in [-0.1, -0.05) is 0 Å². The summed E-state index contributed by atoms with van der Waals surface area (Å²) in [6.45, 7) is 0. The Morgan fingerprint density at radius 1 is 1.53 bits per heavy atom. The number of carboxylic acid groups (broad SMARTS) is 1. The Labute approximate surface area is 116 Å². The molecule has 1 N–H and O–H groups in total. The van der Waals surface area contributed by atoms with Crippen LogP contribution in [0.15, 0.2) is 41.0 Å². The minimum absolute atomic E-state index is 0.360. The maximum absolute atomic E-state index is 10.8. The Morgan fingerprint density at radius 3 is 3.16 bits per heavy atom. The number of aromatic carboxylic acids is 1. The van der Waals surface area contributed by atoms with Crippen molar-refractivity contribution in [2.45, 2.75) is 10.6 Å². The molecule has 3 rings (SSSR count). The topological polar surface area (TPSA) is 67.5 Å². The summed E-state index contributed by atoms with van der Waals surface area (Å²) in [7, 11) is 0. The van der Waals surface area contributed by atoms with Crippen LogP contribution in [-0.4, -0.2) is 25.4 Å². The van der Waals surface area contributed by atoms with Gasteiger partial charge in [0.1, 0.15) is 4.88 Å². The molecule has 0 fully saturated rings. The number of nitrogens with zero attached hydrogens (tertiary/aromatic N) is 3. The standard InChI is InChI=1S/C12H9N3O2S2/c16-11(17)10-4-9(7-19-10)18-6-8-5-15-3-1-2-13-12(15)14-8/h1-5,7H,6H2,(H,16,17). The fourth-order valence-corrected chi connectivity index (χ4v) is 3.37. The molecule has 0 bridgehead atoms. The highest BCUT2D eigenvalue weighted by Gasteiger charge is 2.08. The highest BCUT2D eigenvalue weighted by molar-refractivity contribution is 7.98. The summed E-state index contributed by atoms with van der Waals surface area (Å²) in [5, 5.41) is 10.7. The van der Waals surface area contributed by atoms with Crippen LogP contribution in [0.4, 0.5) is 0 Å². The second kappa shape index (κ2) is 5.02. The van der Waals surface area contributed by atoms with E-state index in [1.165, 1.54) is 11.3 Å². The van der Waals surface area contributed by atoms with Gasteiger partial charge in [-0.05, 0) is 12.1 Å². The van der Waals surface area contributed by atoms with Gasteiger partial charge < -0.3 is 5.11 Å². The van der Waals surface area contributed by atoms with E-state index in [1.54, 1.807) is 24.0 Å². The lowest BCUT2D eigenvalue weighted by atomic mass is 10.5. The number of thioether (sulfide) groups is 1. The van der Waals surface area contributed by atoms with E-state index in [2.05, 4.69) is 9.97 Å². The zero-order chi connectivity index (χ0) is 13.2. The quantitative estimate of drug-likeness (QED) is 0.749. The van der Waals surface area contributed by atoms with Crippen LogP contribution in [0.3, 0.4) is 0 Å². The van der Waals surface area contributed by atoms with Crippen molar-refractivity contribution in [2.24, 2.45) is 0 Å². The van der Waals surface area contributed by atoms with E-state index < -0.39 is 5.97 Å². The Balaban J connectivity index is 1.72. The predicted octanol–water partition coefficient (Wildman–Crippen LogP) is 2.78. The minimum Gasteiger partial charge on any atom is -0.477 e. The van der Waals surface area contributed by atoms with Crippen LogP contribution < -0.4 is 0 Å². The Bertz CT molecular complexity index is 702. The molecule has 7 heteroatoms. The maximum Gasteiger partial charge on any atom is 0.345 e. The summed E-state index contributed by atoms with van der Waals surface area (Å²) >= 11 is 2.81. The van der Waals surface area contributed by atoms with Gasteiger partial charge >= 0.3 is 5.97 Å². The van der Waals surface area contributed by atoms with E-state index in [-0.39, 0.29) is 0 Å². The number of rotatable bonds is 4. The number of fused-ring (bicyclic) bond motifs is 1. The molecule has 5 nitrogen and oxygen atoms in total. The van der Waals surface area contributed by atoms with Crippen LogP contribution >= 0.6 is 23.1 Å². The van der Waals surface area contributed by atoms with Crippen molar-refractivity contribution in [1.82, 2.24) is 14.4 Å². The van der Waals surface area contributed by atoms with Crippen LogP contribution in [0.25, 0.3) is 5.78 Å². The Morgan fingerprint density at radius 2 is 2.42 bits per heavy atom. The fourth-order valence-electron chi connectivity index (χ4n) is 1.61. The number of imidazole rings is 1. The van der Waals surface area contributed by atoms with Crippen molar-refractivity contribution in [3.8, 4) is 0 Å². The Hall–Kier alpha value is -1.86. The number of carboxylic acids is 1. The molecule has 0 spiro atoms. The normalized spacial score (nSPS) is 10.9. The molecule has 0 saturated carbocycles. The van der Waals surface area contributed by atoms with Crippen molar-refractivity contribution in [2.75, 3.05) is 0 Å². The van der Waals surface area contributed by atoms with Crippen LogP contribution in [0, 0.1) is 0 Å². The van der Waals surface area contributed by atoms with Crippen molar-refractivity contribution in [1.29, 1.82) is 0 Å². The summed E-state index contributed by atoms with van der Waals surface area (Å²) in [5.74, 6) is 0.488. The molecule has 3 aromatic heterocycles. The third-order valence-corrected chi connectivity index (χ3v) is 4.53. The maximum atomic E-state index is 10.8. The van der Waals surface area contributed by atoms with Crippen LogP contribution in [0.2, 0.25) is 0 Å². The molecule has 0 aliphatic heterocycles. The number of carbonyl (C=O) groups is 1. The first kappa shape index (κ1) is 12.2. The van der Waals surface area contributed by atoms with Gasteiger partial charge in [-0.25, -0.2) is 14.8 Å². The molecule has 96 valence electrons. The highest BCUT2D eigenvalue weighted by atomic mass is 32.2. The molecule has 19 heavy (non-hydrogen) atoms. The van der Waals surface area contributed by atoms with Gasteiger partial charge in [-0.2, -0.15) is 0 Å². The molecule has 3 heterocycles. The van der Waals surface area contributed by atoms with Gasteiger partial charge in [0, 0.05) is 34.6 Å². The highest BCUT2D eigenvalue weighted by Crippen LogP contribution is 2.27. The molecule has 0 unspecified atom stereocenters. The third kappa shape index (κ3) is 2.61. The minimum atomic E-state index is -0.881. The van der Waals surface area contributed by atoms with E-state index in [9.17, 15) is 4.79 Å². The first-order valence-electron chi connectivity index (χ1n) is 5.45. The monoisotopic (exact) mass is 291 g/mol. The lowest BCUT2D eigenvalue weighted by molar-refractivity contribution is 0.0702. The van der Waals surface area contributed by atoms with E-state index >= 15 is 0 Å². The molecule has 0 atom stereocenters. The summed E-state index contributed by atoms with van der Waals surface area (Å²) < 4.78 is 1.87. The van der Waals surface area contributed by atoms with Gasteiger partial charge in [0.25, 0.3) is 0 Å². The van der Waals surface area contributed by atoms with Crippen molar-refractivity contribution < 1.29 is 9.90 Å². The zero-order valence-corrected chi connectivity index (χ0v) is 11.3. The predicted molar refractivity (Wildman–Crippen MR) is 73.8 cm³/mol. The van der Waals surface area contributed by atoms with Gasteiger partial charge in [-0.15, -0.1) is 23.1 Å². The van der Waals surface area contributed by atoms with E-state index in [4.69, 9.17) is 5.11 Å². The smallest absolute Gasteiger partial charge is 0.345 e. The summed E-state index contributed by atoms with van der Waals surface area (Å²) in [4.78, 5) is 20.6. The van der Waals surface area contributed by atoms with Gasteiger partial charge in [0.05, 0.1) is 5.69 Å². The first-order chi connectivity index (χ1) is 9.22. The molecule has 0 aromatic carbocycles. The molecule has 0 amide bonds. The van der Waals surface area contributed by atoms with E-state index in [1.807, 2.05) is 28.2 Å². The molecule has 0 saturated heterocycles. The molecular formula is C12H9N3O2S2. The molecular weight excluding hydrogens is 282 g/mol. The number of thiophene rings is 1. The molecule has 0 aliphatic carbocycles. The average molecular weight is 291 g/mol. The van der Waals surface area contributed by atoms with Crippen molar-refractivity contribution in [3.05, 3.63) is 46.7 Å². The first-order valence-corrected chi connectivity index (χ1v) is 7.32. The SMILES string of the molecule is O=C(O)c1cc(SCc2cn3cccnc3n2)cs1. The van der Waals surface area contributed by atoms with Gasteiger partial charge in [0.15, 0.2) is 0 Å². The summed E-state index contributed by atoms with van der Waals surface area (Å²) in [6.07, 6.45) is 5.54. The molecule has 0 radical (unpaired) electrons. The van der Waals surface area contributed by atoms with Crippen molar-refractivity contribution >= 4 is 34.8 Å². The Kier molecular flexibility index (Phi) is 3.22. The van der Waals surface area contributed by atoms with Gasteiger partial charge in [0.2, 0.25) is 5.78 Å². The number of aromatic nitrogens is 3. The second-order valence-corrected chi connectivity index (χ2v) is 5.76. The zero-order valence-electron chi connectivity index (χ0n) is 9.68. The van der Waals surface area contributed by atoms with Crippen LogP contribution in [0.5, 0.6) is 0 Å². The van der Waals surface area contributed by atoms with Crippen LogP contribution in [0.1, 0.15) is 15.4 Å². The largest absolute Gasteiger partial charge is 0.477 e. The number of hydrogen-bond donors (Lipinski definition) is 1. The third-order valence-electron chi connectivity index (χ3n) is 2.46. The average Bonchev–Trinajstić information content (AvgIpc) is 3.02. The lowest BCUT2D eigenvalue weighted by Gasteiger charge is -1.93. The summed E-state index contributed by atoms with van der Waals surface area (Å²) in [5.41, 5.74) is 0.923. The van der Waals surface area contributed by atoms with Gasteiger partial charge in [-0.3, -0.25) is 4.40 Å². The fraction of sp³-hybridized carbons (Fsp3) is 0.0833. The van der Waals surface area contributed by atoms with E-state index in [0.29, 0.717) is 16.4 Å².